The van der Waals surface area contributed by atoms with Crippen LogP contribution >= 0.6 is 0 Å². The maximum Gasteiger partial charge on any atom is 0.321 e. The third kappa shape index (κ3) is 3.89. The van der Waals surface area contributed by atoms with Crippen LogP contribution in [0.25, 0.3) is 0 Å². The Kier molecular flexibility index (Phi) is 5.06. The monoisotopic (exact) mass is 188 g/mol. The molecule has 0 aromatic rings. The zero-order chi connectivity index (χ0) is 10.4. The first-order valence-corrected chi connectivity index (χ1v) is 4.28. The van der Waals surface area contributed by atoms with Crippen LogP contribution in [0.1, 0.15) is 20.3 Å². The minimum Gasteiger partial charge on any atom is -0.480 e. The van der Waals surface area contributed by atoms with E-state index in [-0.39, 0.29) is 6.42 Å². The first-order chi connectivity index (χ1) is 6.02. The van der Waals surface area contributed by atoms with Crippen molar-refractivity contribution < 1.29 is 14.7 Å². The van der Waals surface area contributed by atoms with E-state index in [0.29, 0.717) is 13.1 Å². The lowest BCUT2D eigenvalue weighted by Gasteiger charge is -2.24. The van der Waals surface area contributed by atoms with E-state index in [1.54, 1.807) is 4.90 Å². The maximum absolute atomic E-state index is 10.7. The molecule has 0 aliphatic heterocycles. The molecule has 3 N–H and O–H groups in total. The highest BCUT2D eigenvalue weighted by molar-refractivity contribution is 5.83. The van der Waals surface area contributed by atoms with Crippen LogP contribution in [0.5, 0.6) is 0 Å². The summed E-state index contributed by atoms with van der Waals surface area (Å²) < 4.78 is 0. The predicted octanol–water partition coefficient (Wildman–Crippen LogP) is -0.343. The molecule has 0 bridgehead atoms. The van der Waals surface area contributed by atoms with Gasteiger partial charge in [-0.3, -0.25) is 14.5 Å². The summed E-state index contributed by atoms with van der Waals surface area (Å²) in [6, 6.07) is -0.785. The zero-order valence-corrected chi connectivity index (χ0v) is 7.99. The quantitative estimate of drug-likeness (QED) is 0.597. The molecule has 0 spiro atoms. The van der Waals surface area contributed by atoms with Gasteiger partial charge < -0.3 is 10.8 Å². The van der Waals surface area contributed by atoms with Gasteiger partial charge in [0, 0.05) is 0 Å². The van der Waals surface area contributed by atoms with Gasteiger partial charge in [0.25, 0.3) is 0 Å². The van der Waals surface area contributed by atoms with Gasteiger partial charge in [0.2, 0.25) is 5.91 Å². The molecule has 0 radical (unpaired) electrons. The molecule has 1 atom stereocenters. The second kappa shape index (κ2) is 5.53. The summed E-state index contributed by atoms with van der Waals surface area (Å²) in [5.41, 5.74) is 4.95. The molecule has 5 heteroatoms. The second-order valence-electron chi connectivity index (χ2n) is 2.75. The molecule has 0 rings (SSSR count). The average molecular weight is 188 g/mol. The van der Waals surface area contributed by atoms with Crippen molar-refractivity contribution in [2.75, 3.05) is 13.1 Å². The Bertz CT molecular complexity index is 190. The number of carboxylic acid groups (broad SMARTS) is 1. The second-order valence-corrected chi connectivity index (χ2v) is 2.75. The van der Waals surface area contributed by atoms with Crippen molar-refractivity contribution in [3.05, 3.63) is 0 Å². The fourth-order valence-electron chi connectivity index (χ4n) is 1.23. The number of carbonyl (C=O) groups excluding carboxylic acids is 1. The summed E-state index contributed by atoms with van der Waals surface area (Å²) in [6.07, 6.45) is -0.128. The number of primary amides is 1. The van der Waals surface area contributed by atoms with Crippen molar-refractivity contribution in [2.24, 2.45) is 5.73 Å². The van der Waals surface area contributed by atoms with E-state index in [1.807, 2.05) is 13.8 Å². The highest BCUT2D eigenvalue weighted by Gasteiger charge is 2.24. The summed E-state index contributed by atoms with van der Waals surface area (Å²) in [4.78, 5) is 23.0. The molecule has 0 unspecified atom stereocenters. The van der Waals surface area contributed by atoms with E-state index in [1.165, 1.54) is 0 Å². The summed E-state index contributed by atoms with van der Waals surface area (Å²) in [6.45, 7) is 4.89. The van der Waals surface area contributed by atoms with Crippen molar-refractivity contribution in [3.63, 3.8) is 0 Å². The van der Waals surface area contributed by atoms with Crippen LogP contribution in [0.15, 0.2) is 0 Å². The molecule has 5 nitrogen and oxygen atoms in total. The number of amides is 1. The van der Waals surface area contributed by atoms with E-state index >= 15 is 0 Å². The smallest absolute Gasteiger partial charge is 0.321 e. The third-order valence-corrected chi connectivity index (χ3v) is 1.93. The zero-order valence-electron chi connectivity index (χ0n) is 7.99. The first kappa shape index (κ1) is 11.9. The lowest BCUT2D eigenvalue weighted by atomic mass is 10.1. The number of nitrogens with zero attached hydrogens (tertiary/aromatic N) is 1. The number of hydrogen-bond acceptors (Lipinski definition) is 3. The van der Waals surface area contributed by atoms with Crippen molar-refractivity contribution in [1.29, 1.82) is 0 Å². The number of carboxylic acids is 1. The van der Waals surface area contributed by atoms with Crippen molar-refractivity contribution in [3.8, 4) is 0 Å². The molecule has 0 aromatic heterocycles. The van der Waals surface area contributed by atoms with Gasteiger partial charge in [0.15, 0.2) is 0 Å². The summed E-state index contributed by atoms with van der Waals surface area (Å²) >= 11 is 0. The number of carbonyl (C=O) groups is 2. The van der Waals surface area contributed by atoms with E-state index in [9.17, 15) is 9.59 Å². The molecule has 0 heterocycles. The molecular formula is C8H16N2O3. The Labute approximate surface area is 77.5 Å². The highest BCUT2D eigenvalue weighted by Crippen LogP contribution is 2.03. The van der Waals surface area contributed by atoms with Crippen LogP contribution < -0.4 is 5.73 Å². The Hall–Kier alpha value is -1.10. The van der Waals surface area contributed by atoms with Crippen LogP contribution in [0.4, 0.5) is 0 Å². The molecular weight excluding hydrogens is 172 g/mol. The van der Waals surface area contributed by atoms with Crippen molar-refractivity contribution >= 4 is 11.9 Å². The molecule has 1 amide bonds. The average Bonchev–Trinajstić information content (AvgIpc) is 2.04. The standard InChI is InChI=1S/C8H16N2O3/c1-3-10(4-2)6(8(12)13)5-7(9)11/h6H,3-5H2,1-2H3,(H2,9,11)(H,12,13)/t6-/m1/s1. The molecule has 0 fully saturated rings. The van der Waals surface area contributed by atoms with Gasteiger partial charge in [-0.1, -0.05) is 13.8 Å². The molecule has 76 valence electrons. The lowest BCUT2D eigenvalue weighted by molar-refractivity contribution is -0.145. The molecule has 0 aliphatic carbocycles. The van der Waals surface area contributed by atoms with Crippen LogP contribution in [0.3, 0.4) is 0 Å². The van der Waals surface area contributed by atoms with E-state index in [4.69, 9.17) is 10.8 Å². The minimum absolute atomic E-state index is 0.128. The van der Waals surface area contributed by atoms with Crippen LogP contribution in [-0.4, -0.2) is 41.0 Å². The highest BCUT2D eigenvalue weighted by atomic mass is 16.4. The topological polar surface area (TPSA) is 83.6 Å². The third-order valence-electron chi connectivity index (χ3n) is 1.93. The van der Waals surface area contributed by atoms with Gasteiger partial charge in [-0.05, 0) is 13.1 Å². The van der Waals surface area contributed by atoms with Gasteiger partial charge in [-0.25, -0.2) is 0 Å². The van der Waals surface area contributed by atoms with Crippen molar-refractivity contribution in [1.82, 2.24) is 4.90 Å². The van der Waals surface area contributed by atoms with Gasteiger partial charge in [-0.15, -0.1) is 0 Å². The Morgan fingerprint density at radius 2 is 1.85 bits per heavy atom. The summed E-state index contributed by atoms with van der Waals surface area (Å²) in [7, 11) is 0. The fourth-order valence-corrected chi connectivity index (χ4v) is 1.23. The Morgan fingerprint density at radius 3 is 2.08 bits per heavy atom. The summed E-state index contributed by atoms with van der Waals surface area (Å²) in [5.74, 6) is -1.58. The van der Waals surface area contributed by atoms with Crippen LogP contribution in [0.2, 0.25) is 0 Å². The van der Waals surface area contributed by atoms with Gasteiger partial charge in [0.1, 0.15) is 6.04 Å². The van der Waals surface area contributed by atoms with Gasteiger partial charge in [0.05, 0.1) is 6.42 Å². The lowest BCUT2D eigenvalue weighted by Crippen LogP contribution is -2.43. The Balaban J connectivity index is 4.38. The predicted molar refractivity (Wildman–Crippen MR) is 48.2 cm³/mol. The molecule has 0 saturated heterocycles. The normalized spacial score (nSPS) is 12.8. The van der Waals surface area contributed by atoms with Crippen LogP contribution in [-0.2, 0) is 9.59 Å². The molecule has 0 saturated carbocycles. The number of hydrogen-bond donors (Lipinski definition) is 2. The largest absolute Gasteiger partial charge is 0.480 e. The van der Waals surface area contributed by atoms with Gasteiger partial charge in [-0.2, -0.15) is 0 Å². The molecule has 0 aromatic carbocycles. The van der Waals surface area contributed by atoms with Gasteiger partial charge >= 0.3 is 5.97 Å². The number of nitrogens with two attached hydrogens (primary N) is 1. The number of likely N-dealkylation sites (N-methyl/N-ethyl adjacent to an activating group) is 1. The van der Waals surface area contributed by atoms with E-state index in [2.05, 4.69) is 0 Å². The number of rotatable bonds is 6. The van der Waals surface area contributed by atoms with Crippen LogP contribution in [0, 0.1) is 0 Å². The van der Waals surface area contributed by atoms with E-state index in [0.717, 1.165) is 0 Å². The molecule has 13 heavy (non-hydrogen) atoms. The number of aliphatic carboxylic acids is 1. The summed E-state index contributed by atoms with van der Waals surface area (Å²) in [5, 5.41) is 8.81. The Morgan fingerprint density at radius 1 is 1.38 bits per heavy atom. The van der Waals surface area contributed by atoms with Crippen molar-refractivity contribution in [2.45, 2.75) is 26.3 Å². The minimum atomic E-state index is -0.998. The van der Waals surface area contributed by atoms with E-state index < -0.39 is 17.9 Å². The first-order valence-electron chi connectivity index (χ1n) is 4.28. The molecule has 0 aliphatic rings. The fraction of sp³-hybridized carbons (Fsp3) is 0.750. The SMILES string of the molecule is CCN(CC)[C@H](CC(N)=O)C(=O)O. The maximum atomic E-state index is 10.7.